The van der Waals surface area contributed by atoms with Gasteiger partial charge in [0.1, 0.15) is 24.4 Å². The van der Waals surface area contributed by atoms with E-state index in [9.17, 15) is 10.2 Å². The fourth-order valence-electron chi connectivity index (χ4n) is 2.03. The van der Waals surface area contributed by atoms with Crippen LogP contribution in [0.15, 0.2) is 0 Å². The summed E-state index contributed by atoms with van der Waals surface area (Å²) in [6, 6.07) is 0. The van der Waals surface area contributed by atoms with Crippen molar-refractivity contribution in [3.63, 3.8) is 0 Å². The van der Waals surface area contributed by atoms with Crippen molar-refractivity contribution in [2.24, 2.45) is 0 Å². The zero-order valence-electron chi connectivity index (χ0n) is 10.4. The first kappa shape index (κ1) is 14.5. The molecule has 2 heterocycles. The molecule has 0 aromatic heterocycles. The molecule has 5 atom stereocenters. The molecular formula is C11H19ClO6. The maximum Gasteiger partial charge on any atom is 0.186 e. The minimum atomic E-state index is -1.09. The smallest absolute Gasteiger partial charge is 0.186 e. The number of ether oxygens (including phenoxy) is 4. The fraction of sp³-hybridized carbons (Fsp3) is 1.00. The Hall–Kier alpha value is 0.0500. The van der Waals surface area contributed by atoms with Gasteiger partial charge in [-0.2, -0.15) is 0 Å². The van der Waals surface area contributed by atoms with Gasteiger partial charge in [-0.3, -0.25) is 0 Å². The highest BCUT2D eigenvalue weighted by Gasteiger charge is 2.43. The average molecular weight is 283 g/mol. The summed E-state index contributed by atoms with van der Waals surface area (Å²) in [5.74, 6) is -0.504. The molecule has 0 unspecified atom stereocenters. The summed E-state index contributed by atoms with van der Waals surface area (Å²) < 4.78 is 21.6. The van der Waals surface area contributed by atoms with Crippen LogP contribution in [0.1, 0.15) is 13.8 Å². The number of hydrogen-bond donors (Lipinski definition) is 2. The fourth-order valence-corrected chi connectivity index (χ4v) is 2.28. The van der Waals surface area contributed by atoms with E-state index in [0.29, 0.717) is 6.61 Å². The van der Waals surface area contributed by atoms with Gasteiger partial charge >= 0.3 is 0 Å². The van der Waals surface area contributed by atoms with Gasteiger partial charge in [-0.05, 0) is 13.8 Å². The Morgan fingerprint density at radius 1 is 1.33 bits per heavy atom. The van der Waals surface area contributed by atoms with Gasteiger partial charge in [-0.25, -0.2) is 0 Å². The lowest BCUT2D eigenvalue weighted by atomic mass is 10.1. The van der Waals surface area contributed by atoms with Crippen LogP contribution in [-0.4, -0.2) is 65.8 Å². The van der Waals surface area contributed by atoms with Crippen LogP contribution in [0.4, 0.5) is 0 Å². The van der Waals surface area contributed by atoms with Gasteiger partial charge in [0, 0.05) is 0 Å². The number of aliphatic hydroxyl groups excluding tert-OH is 2. The zero-order chi connectivity index (χ0) is 13.3. The molecule has 0 bridgehead atoms. The van der Waals surface area contributed by atoms with Gasteiger partial charge in [-0.1, -0.05) is 0 Å². The van der Waals surface area contributed by atoms with E-state index >= 15 is 0 Å². The quantitative estimate of drug-likeness (QED) is 0.698. The maximum absolute atomic E-state index is 9.70. The first-order valence-corrected chi connectivity index (χ1v) is 6.47. The van der Waals surface area contributed by atoms with Crippen molar-refractivity contribution in [2.45, 2.75) is 50.3 Å². The third-order valence-corrected chi connectivity index (χ3v) is 3.29. The first-order valence-electron chi connectivity index (χ1n) is 5.94. The Bertz CT molecular complexity index is 287. The summed E-state index contributed by atoms with van der Waals surface area (Å²) in [5.41, 5.74) is 0. The molecule has 0 aromatic rings. The largest absolute Gasteiger partial charge is 0.387 e. The van der Waals surface area contributed by atoms with E-state index in [2.05, 4.69) is 0 Å². The third kappa shape index (κ3) is 3.14. The molecule has 0 aromatic carbocycles. The summed E-state index contributed by atoms with van der Waals surface area (Å²) in [7, 11) is 0. The van der Waals surface area contributed by atoms with Gasteiger partial charge in [0.2, 0.25) is 0 Å². The summed E-state index contributed by atoms with van der Waals surface area (Å²) in [4.78, 5) is 0. The standard InChI is InChI=1S/C11H19ClO6/c1-11(2)16-5-6(18-11)4-15-10-9(14)8(13)7(3-12)17-10/h6-10,13-14H,3-5H2,1-2H3/t6-,7+,8+,9+,10+/m0/s1. The van der Waals surface area contributed by atoms with Gasteiger partial charge in [-0.15, -0.1) is 11.6 Å². The lowest BCUT2D eigenvalue weighted by Gasteiger charge is -2.19. The van der Waals surface area contributed by atoms with E-state index in [4.69, 9.17) is 30.5 Å². The van der Waals surface area contributed by atoms with E-state index in [1.165, 1.54) is 0 Å². The van der Waals surface area contributed by atoms with Gasteiger partial charge in [0.05, 0.1) is 19.1 Å². The normalized spacial score (nSPS) is 43.5. The van der Waals surface area contributed by atoms with Crippen molar-refractivity contribution in [3.05, 3.63) is 0 Å². The van der Waals surface area contributed by atoms with Crippen molar-refractivity contribution in [2.75, 3.05) is 19.1 Å². The SMILES string of the molecule is CC1(C)OC[C@H](CO[C@@H]2O[C@H](CCl)[C@@H](O)[C@H]2O)O1. The van der Waals surface area contributed by atoms with E-state index in [0.717, 1.165) is 0 Å². The van der Waals surface area contributed by atoms with E-state index in [1.54, 1.807) is 0 Å². The summed E-state index contributed by atoms with van der Waals surface area (Å²) in [5, 5.41) is 19.3. The molecule has 0 amide bonds. The van der Waals surface area contributed by atoms with Crippen LogP contribution in [-0.2, 0) is 18.9 Å². The van der Waals surface area contributed by atoms with E-state index in [1.807, 2.05) is 13.8 Å². The van der Waals surface area contributed by atoms with Crippen LogP contribution in [0.2, 0.25) is 0 Å². The molecule has 0 spiro atoms. The molecule has 7 heteroatoms. The van der Waals surface area contributed by atoms with Crippen molar-refractivity contribution < 1.29 is 29.2 Å². The lowest BCUT2D eigenvalue weighted by Crippen LogP contribution is -2.35. The Kier molecular flexibility index (Phi) is 4.48. The van der Waals surface area contributed by atoms with Crippen molar-refractivity contribution in [1.82, 2.24) is 0 Å². The monoisotopic (exact) mass is 282 g/mol. The minimum Gasteiger partial charge on any atom is -0.387 e. The lowest BCUT2D eigenvalue weighted by molar-refractivity contribution is -0.189. The molecule has 0 saturated carbocycles. The molecule has 2 saturated heterocycles. The van der Waals surface area contributed by atoms with Crippen molar-refractivity contribution in [3.8, 4) is 0 Å². The molecule has 6 nitrogen and oxygen atoms in total. The van der Waals surface area contributed by atoms with Crippen LogP contribution >= 0.6 is 11.6 Å². The van der Waals surface area contributed by atoms with Gasteiger partial charge in [0.15, 0.2) is 12.1 Å². The highest BCUT2D eigenvalue weighted by Crippen LogP contribution is 2.26. The Labute approximate surface area is 111 Å². The second-order valence-electron chi connectivity index (χ2n) is 4.96. The van der Waals surface area contributed by atoms with E-state index < -0.39 is 30.4 Å². The second kappa shape index (κ2) is 5.58. The summed E-state index contributed by atoms with van der Waals surface area (Å²) in [6.45, 7) is 4.30. The van der Waals surface area contributed by atoms with E-state index in [-0.39, 0.29) is 18.6 Å². The highest BCUT2D eigenvalue weighted by molar-refractivity contribution is 6.18. The van der Waals surface area contributed by atoms with Crippen molar-refractivity contribution in [1.29, 1.82) is 0 Å². The van der Waals surface area contributed by atoms with Crippen LogP contribution < -0.4 is 0 Å². The second-order valence-corrected chi connectivity index (χ2v) is 5.27. The van der Waals surface area contributed by atoms with Crippen LogP contribution in [0.3, 0.4) is 0 Å². The molecule has 2 fully saturated rings. The Balaban J connectivity index is 1.78. The molecule has 0 aliphatic carbocycles. The predicted molar refractivity (Wildman–Crippen MR) is 62.3 cm³/mol. The third-order valence-electron chi connectivity index (χ3n) is 2.98. The van der Waals surface area contributed by atoms with Crippen LogP contribution in [0.25, 0.3) is 0 Å². The Morgan fingerprint density at radius 2 is 2.06 bits per heavy atom. The van der Waals surface area contributed by atoms with Gasteiger partial charge < -0.3 is 29.2 Å². The number of hydrogen-bond acceptors (Lipinski definition) is 6. The number of rotatable bonds is 4. The van der Waals surface area contributed by atoms with Crippen LogP contribution in [0, 0.1) is 0 Å². The predicted octanol–water partition coefficient (Wildman–Crippen LogP) is -0.160. The van der Waals surface area contributed by atoms with Crippen LogP contribution in [0.5, 0.6) is 0 Å². The highest BCUT2D eigenvalue weighted by atomic mass is 35.5. The topological polar surface area (TPSA) is 77.4 Å². The number of aliphatic hydroxyl groups is 2. The first-order chi connectivity index (χ1) is 8.43. The molecule has 2 aliphatic heterocycles. The van der Waals surface area contributed by atoms with Crippen molar-refractivity contribution >= 4 is 11.6 Å². The Morgan fingerprint density at radius 3 is 2.56 bits per heavy atom. The molecule has 2 rings (SSSR count). The minimum absolute atomic E-state index is 0.105. The number of alkyl halides is 1. The average Bonchev–Trinajstić information content (AvgIpc) is 2.79. The molecular weight excluding hydrogens is 264 g/mol. The molecule has 0 radical (unpaired) electrons. The van der Waals surface area contributed by atoms with Gasteiger partial charge in [0.25, 0.3) is 0 Å². The molecule has 2 aliphatic rings. The molecule has 106 valence electrons. The molecule has 2 N–H and O–H groups in total. The molecule has 18 heavy (non-hydrogen) atoms. The maximum atomic E-state index is 9.70. The summed E-state index contributed by atoms with van der Waals surface area (Å²) in [6.07, 6.45) is -3.81. The summed E-state index contributed by atoms with van der Waals surface area (Å²) >= 11 is 5.60. The zero-order valence-corrected chi connectivity index (χ0v) is 11.2. The number of halogens is 1.